The standard InChI is InChI=1S/C33H47N3O3/c1-27(2)39-33(38)36-21-19-31(20-22-36)34-23-25-35(26-24-34)32(37)30(17-9-15-28-11-5-3-6-12-28)18-10-16-29-13-7-4-8-14-29/h3-8,11-14,27,30-31H,9-10,15-26H2,1-2H3. The molecule has 39 heavy (non-hydrogen) atoms. The number of hydrogen-bond acceptors (Lipinski definition) is 4. The van der Waals surface area contributed by atoms with Crippen molar-refractivity contribution in [1.82, 2.24) is 14.7 Å². The van der Waals surface area contributed by atoms with E-state index in [2.05, 4.69) is 70.5 Å². The van der Waals surface area contributed by atoms with E-state index in [1.54, 1.807) is 0 Å². The first-order valence-electron chi connectivity index (χ1n) is 15.1. The van der Waals surface area contributed by atoms with Crippen molar-refractivity contribution in [2.24, 2.45) is 5.92 Å². The molecule has 0 bridgehead atoms. The maximum absolute atomic E-state index is 13.7. The van der Waals surface area contributed by atoms with Gasteiger partial charge in [-0.25, -0.2) is 4.79 Å². The summed E-state index contributed by atoms with van der Waals surface area (Å²) in [6.45, 7) is 8.75. The highest BCUT2D eigenvalue weighted by atomic mass is 16.6. The van der Waals surface area contributed by atoms with E-state index in [9.17, 15) is 9.59 Å². The summed E-state index contributed by atoms with van der Waals surface area (Å²) in [4.78, 5) is 32.5. The van der Waals surface area contributed by atoms with Crippen LogP contribution in [0.4, 0.5) is 4.79 Å². The van der Waals surface area contributed by atoms with Gasteiger partial charge in [-0.2, -0.15) is 0 Å². The van der Waals surface area contributed by atoms with Crippen molar-refractivity contribution >= 4 is 12.0 Å². The maximum Gasteiger partial charge on any atom is 0.410 e. The molecule has 4 rings (SSSR count). The summed E-state index contributed by atoms with van der Waals surface area (Å²) in [5.41, 5.74) is 2.70. The monoisotopic (exact) mass is 533 g/mol. The second-order valence-electron chi connectivity index (χ2n) is 11.5. The third-order valence-corrected chi connectivity index (χ3v) is 8.27. The van der Waals surface area contributed by atoms with Gasteiger partial charge in [0.2, 0.25) is 5.91 Å². The molecule has 0 aliphatic carbocycles. The van der Waals surface area contributed by atoms with Gasteiger partial charge in [-0.3, -0.25) is 9.69 Å². The summed E-state index contributed by atoms with van der Waals surface area (Å²) in [5.74, 6) is 0.446. The lowest BCUT2D eigenvalue weighted by atomic mass is 9.92. The molecule has 2 fully saturated rings. The average molecular weight is 534 g/mol. The highest BCUT2D eigenvalue weighted by Gasteiger charge is 2.32. The molecule has 0 unspecified atom stereocenters. The van der Waals surface area contributed by atoms with E-state index >= 15 is 0 Å². The fraction of sp³-hybridized carbons (Fsp3) is 0.576. The number of rotatable bonds is 11. The second kappa shape index (κ2) is 15.1. The van der Waals surface area contributed by atoms with Crippen molar-refractivity contribution in [2.75, 3.05) is 39.3 Å². The van der Waals surface area contributed by atoms with Crippen LogP contribution in [0.5, 0.6) is 0 Å². The number of amides is 2. The zero-order valence-corrected chi connectivity index (χ0v) is 24.0. The van der Waals surface area contributed by atoms with Crippen molar-refractivity contribution in [1.29, 1.82) is 0 Å². The topological polar surface area (TPSA) is 53.1 Å². The Labute approximate surface area is 235 Å². The minimum Gasteiger partial charge on any atom is -0.447 e. The van der Waals surface area contributed by atoms with Crippen LogP contribution >= 0.6 is 0 Å². The zero-order valence-electron chi connectivity index (χ0n) is 24.0. The molecule has 6 heteroatoms. The van der Waals surface area contributed by atoms with E-state index in [1.165, 1.54) is 11.1 Å². The van der Waals surface area contributed by atoms with E-state index in [0.717, 1.165) is 90.6 Å². The van der Waals surface area contributed by atoms with Gasteiger partial charge in [0.15, 0.2) is 0 Å². The molecule has 2 aliphatic rings. The molecule has 2 aliphatic heterocycles. The van der Waals surface area contributed by atoms with Crippen molar-refractivity contribution < 1.29 is 14.3 Å². The van der Waals surface area contributed by atoms with Crippen LogP contribution in [0.15, 0.2) is 60.7 Å². The number of aryl methyl sites for hydroxylation is 2. The Morgan fingerprint density at radius 1 is 0.744 bits per heavy atom. The third kappa shape index (κ3) is 9.10. The Kier molecular flexibility index (Phi) is 11.3. The molecule has 0 saturated carbocycles. The molecule has 0 radical (unpaired) electrons. The van der Waals surface area contributed by atoms with Crippen molar-refractivity contribution in [3.63, 3.8) is 0 Å². The number of hydrogen-bond donors (Lipinski definition) is 0. The first kappa shape index (κ1) is 29.1. The van der Waals surface area contributed by atoms with Gasteiger partial charge in [0.05, 0.1) is 6.10 Å². The van der Waals surface area contributed by atoms with Crippen molar-refractivity contribution in [3.05, 3.63) is 71.8 Å². The van der Waals surface area contributed by atoms with Gasteiger partial charge in [-0.15, -0.1) is 0 Å². The van der Waals surface area contributed by atoms with E-state index < -0.39 is 0 Å². The number of nitrogens with zero attached hydrogens (tertiary/aromatic N) is 3. The van der Waals surface area contributed by atoms with Crippen molar-refractivity contribution in [2.45, 2.75) is 77.4 Å². The van der Waals surface area contributed by atoms with Crippen LogP contribution in [0.25, 0.3) is 0 Å². The summed E-state index contributed by atoms with van der Waals surface area (Å²) in [5, 5.41) is 0. The lowest BCUT2D eigenvalue weighted by Gasteiger charge is -2.43. The fourth-order valence-corrected chi connectivity index (χ4v) is 6.04. The summed E-state index contributed by atoms with van der Waals surface area (Å²) in [6, 6.07) is 21.7. The minimum absolute atomic E-state index is 0.0821. The predicted molar refractivity (Wildman–Crippen MR) is 157 cm³/mol. The molecule has 6 nitrogen and oxygen atoms in total. The van der Waals surface area contributed by atoms with Gasteiger partial charge in [0.1, 0.15) is 0 Å². The quantitative estimate of drug-likeness (QED) is 0.366. The number of likely N-dealkylation sites (tertiary alicyclic amines) is 1. The third-order valence-electron chi connectivity index (χ3n) is 8.27. The minimum atomic E-state index is -0.190. The molecule has 2 aromatic carbocycles. The molecule has 0 spiro atoms. The summed E-state index contributed by atoms with van der Waals surface area (Å²) >= 11 is 0. The molecule has 0 aromatic heterocycles. The lowest BCUT2D eigenvalue weighted by molar-refractivity contribution is -0.138. The number of carbonyl (C=O) groups excluding carboxylic acids is 2. The first-order valence-corrected chi connectivity index (χ1v) is 15.1. The Morgan fingerprint density at radius 3 is 1.74 bits per heavy atom. The number of piperidine rings is 1. The van der Waals surface area contributed by atoms with Gasteiger partial charge in [0.25, 0.3) is 0 Å². The largest absolute Gasteiger partial charge is 0.447 e. The van der Waals surface area contributed by atoms with E-state index in [1.807, 2.05) is 18.7 Å². The smallest absolute Gasteiger partial charge is 0.410 e. The zero-order chi connectivity index (χ0) is 27.5. The van der Waals surface area contributed by atoms with Crippen LogP contribution in [-0.4, -0.2) is 78.1 Å². The van der Waals surface area contributed by atoms with Crippen LogP contribution < -0.4 is 0 Å². The fourth-order valence-electron chi connectivity index (χ4n) is 6.04. The van der Waals surface area contributed by atoms with Gasteiger partial charge >= 0.3 is 6.09 Å². The van der Waals surface area contributed by atoms with Crippen molar-refractivity contribution in [3.8, 4) is 0 Å². The number of ether oxygens (including phenoxy) is 1. The molecule has 212 valence electrons. The predicted octanol–water partition coefficient (Wildman–Crippen LogP) is 5.80. The van der Waals surface area contributed by atoms with E-state index in [-0.39, 0.29) is 18.1 Å². The van der Waals surface area contributed by atoms with Gasteiger partial charge in [0, 0.05) is 51.2 Å². The van der Waals surface area contributed by atoms with Gasteiger partial charge < -0.3 is 14.5 Å². The first-order chi connectivity index (χ1) is 19.0. The lowest BCUT2D eigenvalue weighted by Crippen LogP contribution is -2.55. The van der Waals surface area contributed by atoms with Crippen LogP contribution in [0.1, 0.15) is 63.5 Å². The Balaban J connectivity index is 1.25. The van der Waals surface area contributed by atoms with Gasteiger partial charge in [-0.05, 0) is 76.3 Å². The number of carbonyl (C=O) groups is 2. The molecule has 0 N–H and O–H groups in total. The van der Waals surface area contributed by atoms with Gasteiger partial charge in [-0.1, -0.05) is 60.7 Å². The molecule has 2 aromatic rings. The van der Waals surface area contributed by atoms with Crippen LogP contribution in [0, 0.1) is 5.92 Å². The SMILES string of the molecule is CC(C)OC(=O)N1CCC(N2CCN(C(=O)C(CCCc3ccccc3)CCCc3ccccc3)CC2)CC1. The van der Waals surface area contributed by atoms with Crippen LogP contribution in [0.3, 0.4) is 0 Å². The average Bonchev–Trinajstić information content (AvgIpc) is 2.97. The highest BCUT2D eigenvalue weighted by Crippen LogP contribution is 2.23. The number of piperazine rings is 1. The Bertz CT molecular complexity index is 952. The normalized spacial score (nSPS) is 17.1. The number of benzene rings is 2. The maximum atomic E-state index is 13.7. The van der Waals surface area contributed by atoms with Crippen LogP contribution in [0.2, 0.25) is 0 Å². The Hall–Kier alpha value is -2.86. The molecular weight excluding hydrogens is 486 g/mol. The molecule has 0 atom stereocenters. The Morgan fingerprint density at radius 2 is 1.26 bits per heavy atom. The molecule has 2 saturated heterocycles. The second-order valence-corrected chi connectivity index (χ2v) is 11.5. The summed E-state index contributed by atoms with van der Waals surface area (Å²) < 4.78 is 5.37. The molecular formula is C33H47N3O3. The van der Waals surface area contributed by atoms with E-state index in [0.29, 0.717) is 11.9 Å². The highest BCUT2D eigenvalue weighted by molar-refractivity contribution is 5.79. The van der Waals surface area contributed by atoms with E-state index in [4.69, 9.17) is 4.74 Å². The van der Waals surface area contributed by atoms with Crippen LogP contribution in [-0.2, 0) is 22.4 Å². The molecule has 2 heterocycles. The molecule has 2 amide bonds. The summed E-state index contributed by atoms with van der Waals surface area (Å²) in [7, 11) is 0. The summed E-state index contributed by atoms with van der Waals surface area (Å²) in [6.07, 6.45) is 7.73.